The van der Waals surface area contributed by atoms with Gasteiger partial charge in [-0.05, 0) is 66.8 Å². The number of rotatable bonds is 13. The number of methoxy groups -OCH3 is 1. The Balaban J connectivity index is 0.00000353. The van der Waals surface area contributed by atoms with Gasteiger partial charge in [0.2, 0.25) is 0 Å². The van der Waals surface area contributed by atoms with Gasteiger partial charge in [-0.1, -0.05) is 32.0 Å². The number of halogens is 1. The summed E-state index contributed by atoms with van der Waals surface area (Å²) in [7, 11) is 1.44. The van der Waals surface area contributed by atoms with Gasteiger partial charge in [-0.25, -0.2) is 9.37 Å². The minimum absolute atomic E-state index is 0. The second-order valence-electron chi connectivity index (χ2n) is 10.5. The van der Waals surface area contributed by atoms with Crippen LogP contribution in [0.5, 0.6) is 6.01 Å². The quantitative estimate of drug-likeness (QED) is 0.151. The van der Waals surface area contributed by atoms with Crippen LogP contribution in [0.4, 0.5) is 10.1 Å². The molecule has 0 radical (unpaired) electrons. The van der Waals surface area contributed by atoms with Crippen molar-refractivity contribution in [1.29, 1.82) is 0 Å². The molecule has 12 heteroatoms. The summed E-state index contributed by atoms with van der Waals surface area (Å²) in [5.74, 6) is -2.17. The van der Waals surface area contributed by atoms with Crippen LogP contribution in [0.1, 0.15) is 57.9 Å². The van der Waals surface area contributed by atoms with E-state index in [9.17, 15) is 24.2 Å². The van der Waals surface area contributed by atoms with Crippen molar-refractivity contribution < 1.29 is 36.9 Å². The predicted molar refractivity (Wildman–Crippen MR) is 167 cm³/mol. The van der Waals surface area contributed by atoms with Crippen LogP contribution in [0.3, 0.4) is 0 Å². The number of hydrogen-bond donors (Lipinski definition) is 4. The van der Waals surface area contributed by atoms with Gasteiger partial charge in [-0.15, -0.1) is 0 Å². The Labute approximate surface area is 287 Å². The van der Waals surface area contributed by atoms with Gasteiger partial charge in [0.25, 0.3) is 5.91 Å². The van der Waals surface area contributed by atoms with E-state index in [1.165, 1.54) is 25.4 Å². The number of aromatic nitrogens is 3. The van der Waals surface area contributed by atoms with E-state index in [1.807, 2.05) is 36.6 Å². The average molecular weight is 633 g/mol. The fourth-order valence-electron chi connectivity index (χ4n) is 5.15. The molecule has 0 spiro atoms. The van der Waals surface area contributed by atoms with Gasteiger partial charge in [-0.3, -0.25) is 9.59 Å². The third kappa shape index (κ3) is 8.64. The number of benzene rings is 2. The Kier molecular flexibility index (Phi) is 12.9. The molecule has 4 rings (SSSR count). The van der Waals surface area contributed by atoms with Gasteiger partial charge >= 0.3 is 49.7 Å². The van der Waals surface area contributed by atoms with E-state index in [-0.39, 0.29) is 77.8 Å². The number of hydrogen-bond acceptors (Lipinski definition) is 7. The molecule has 0 aliphatic carbocycles. The average Bonchev–Trinajstić information content (AvgIpc) is 3.32. The van der Waals surface area contributed by atoms with Crippen molar-refractivity contribution in [2.75, 3.05) is 12.4 Å². The molecule has 2 aromatic heterocycles. The number of para-hydroxylation sites is 1. The van der Waals surface area contributed by atoms with E-state index in [2.05, 4.69) is 15.3 Å². The first kappa shape index (κ1) is 35.1. The van der Waals surface area contributed by atoms with Crippen molar-refractivity contribution in [2.24, 2.45) is 0 Å². The summed E-state index contributed by atoms with van der Waals surface area (Å²) in [4.78, 5) is 33.8. The summed E-state index contributed by atoms with van der Waals surface area (Å²) >= 11 is 0. The van der Waals surface area contributed by atoms with Crippen molar-refractivity contribution in [3.8, 4) is 28.5 Å². The van der Waals surface area contributed by atoms with Crippen molar-refractivity contribution in [2.45, 2.75) is 57.8 Å². The summed E-state index contributed by atoms with van der Waals surface area (Å²) < 4.78 is 21.3. The molecule has 0 saturated heterocycles. The molecule has 4 N–H and O–H groups in total. The number of carbonyl (C=O) groups is 2. The van der Waals surface area contributed by atoms with Crippen LogP contribution in [-0.4, -0.2) is 98.8 Å². The maximum Gasteiger partial charge on any atom is 2.00 e. The molecule has 1 amide bonds. The molecule has 0 saturated carbocycles. The van der Waals surface area contributed by atoms with Crippen molar-refractivity contribution in [1.82, 2.24) is 14.5 Å². The van der Waals surface area contributed by atoms with E-state index >= 15 is 0 Å². The second-order valence-corrected chi connectivity index (χ2v) is 10.5. The number of amides is 1. The molecule has 2 atom stereocenters. The predicted octanol–water partition coefficient (Wildman–Crippen LogP) is 4.96. The molecular weight excluding hydrogens is 595 g/mol. The Morgan fingerprint density at radius 1 is 1.05 bits per heavy atom. The van der Waals surface area contributed by atoms with Crippen molar-refractivity contribution in [3.05, 3.63) is 83.9 Å². The number of ether oxygens (including phenoxy) is 1. The van der Waals surface area contributed by atoms with Crippen LogP contribution < -0.4 is 10.1 Å². The number of anilines is 1. The zero-order chi connectivity index (χ0) is 31.1. The van der Waals surface area contributed by atoms with E-state index in [4.69, 9.17) is 9.84 Å². The molecule has 10 nitrogen and oxygen atoms in total. The standard InChI is InChI=1S/C32H35FN4O6.Ca.2H/c1-19(2)29-28(31(42)35-22-7-5-4-6-8-22)27(25-13-15-34-32(36-25)43-3)30(20-9-11-21(33)12-10-20)37(29)16-14-23(38)17-24(39)18-26(40)41;;;/h4-13,15,19,23-24,38-39H,14,16-18H2,1-3H3,(H,35,42)(H,40,41);;;/q;+2;2*-1/t23-,24-;;;/m1.../s1. The molecule has 2 heterocycles. The molecule has 2 aromatic carbocycles. The first-order chi connectivity index (χ1) is 20.6. The molecule has 0 aliphatic heterocycles. The van der Waals surface area contributed by atoms with Gasteiger partial charge in [0.15, 0.2) is 0 Å². The Morgan fingerprint density at radius 2 is 1.73 bits per heavy atom. The fourth-order valence-corrected chi connectivity index (χ4v) is 5.15. The third-order valence-electron chi connectivity index (χ3n) is 6.94. The van der Waals surface area contributed by atoms with E-state index < -0.39 is 30.4 Å². The number of carbonyl (C=O) groups excluding carboxylic acids is 1. The van der Waals surface area contributed by atoms with Gasteiger partial charge in [0.05, 0.1) is 42.7 Å². The van der Waals surface area contributed by atoms with E-state index in [0.29, 0.717) is 39.5 Å². The van der Waals surface area contributed by atoms with Crippen molar-refractivity contribution >= 4 is 55.3 Å². The zero-order valence-corrected chi connectivity index (χ0v) is 27.1. The van der Waals surface area contributed by atoms with Crippen LogP contribution in [0, 0.1) is 5.82 Å². The maximum absolute atomic E-state index is 14.1. The monoisotopic (exact) mass is 632 g/mol. The van der Waals surface area contributed by atoms with Crippen LogP contribution in [0.2, 0.25) is 0 Å². The summed E-state index contributed by atoms with van der Waals surface area (Å²) in [5, 5.41) is 32.8. The second kappa shape index (κ2) is 16.1. The number of aliphatic hydroxyl groups excluding tert-OH is 2. The fraction of sp³-hybridized carbons (Fsp3) is 0.312. The van der Waals surface area contributed by atoms with Crippen LogP contribution in [0.25, 0.3) is 22.5 Å². The number of aliphatic carboxylic acids is 1. The van der Waals surface area contributed by atoms with E-state index in [0.717, 1.165) is 0 Å². The molecule has 4 aromatic rings. The molecule has 0 unspecified atom stereocenters. The summed E-state index contributed by atoms with van der Waals surface area (Å²) in [5.41, 5.74) is 3.65. The molecule has 230 valence electrons. The minimum Gasteiger partial charge on any atom is -1.00 e. The number of aliphatic hydroxyl groups is 2. The Bertz CT molecular complexity index is 1580. The largest absolute Gasteiger partial charge is 2.00 e. The van der Waals surface area contributed by atoms with Gasteiger partial charge < -0.3 is 32.8 Å². The molecular formula is C32H37CaFN4O6. The number of carboxylic acid groups (broad SMARTS) is 1. The van der Waals surface area contributed by atoms with E-state index in [1.54, 1.807) is 30.3 Å². The smallest absolute Gasteiger partial charge is 1.00 e. The van der Waals surface area contributed by atoms with Gasteiger partial charge in [-0.2, -0.15) is 4.98 Å². The van der Waals surface area contributed by atoms with Gasteiger partial charge in [0.1, 0.15) is 5.82 Å². The topological polar surface area (TPSA) is 147 Å². The zero-order valence-electron chi connectivity index (χ0n) is 26.9. The first-order valence-electron chi connectivity index (χ1n) is 13.9. The van der Waals surface area contributed by atoms with Crippen LogP contribution in [0.15, 0.2) is 66.9 Å². The third-order valence-corrected chi connectivity index (χ3v) is 6.94. The Morgan fingerprint density at radius 3 is 2.34 bits per heavy atom. The normalized spacial score (nSPS) is 12.3. The SMILES string of the molecule is COc1nccc(-c2c(C(=O)Nc3ccccc3)c(C(C)C)n(CC[C@@H](O)C[C@@H](O)CC(=O)O)c2-c2ccc(F)cc2)n1.[Ca+2].[H-].[H-]. The number of nitrogens with zero attached hydrogens (tertiary/aromatic N) is 3. The summed E-state index contributed by atoms with van der Waals surface area (Å²) in [6, 6.07) is 16.6. The minimum atomic E-state index is -1.21. The van der Waals surface area contributed by atoms with Crippen molar-refractivity contribution in [3.63, 3.8) is 0 Å². The van der Waals surface area contributed by atoms with Crippen LogP contribution >= 0.6 is 0 Å². The van der Waals surface area contributed by atoms with Gasteiger partial charge in [0, 0.05) is 29.7 Å². The number of nitrogens with one attached hydrogen (secondary N) is 1. The maximum atomic E-state index is 14.1. The van der Waals surface area contributed by atoms with Crippen LogP contribution in [-0.2, 0) is 11.3 Å². The Hall–Kier alpha value is -3.35. The summed E-state index contributed by atoms with van der Waals surface area (Å²) in [6.07, 6.45) is -1.19. The molecule has 44 heavy (non-hydrogen) atoms. The molecule has 0 fully saturated rings. The summed E-state index contributed by atoms with van der Waals surface area (Å²) in [6.45, 7) is 4.09. The number of carboxylic acids is 1. The molecule has 0 aliphatic rings. The first-order valence-corrected chi connectivity index (χ1v) is 13.9. The molecule has 0 bridgehead atoms.